The van der Waals surface area contributed by atoms with E-state index in [1.54, 1.807) is 0 Å². The van der Waals surface area contributed by atoms with Gasteiger partial charge in [-0.3, -0.25) is 9.69 Å². The number of nitrogen functional groups attached to an aromatic ring is 1. The normalized spacial score (nSPS) is 24.2. The standard InChI is InChI=1S/C33H40FN9O2S/c1-3-28(44)42-15-13-40(14-16-42)23-17-25(37-27(18-23)41-11-7-22(8-12-41)43-10-6-21(34)20-43)31-38-32(45-39-31)33(2)9-4-5-26-29(33)24(19-35)30(36)46-26/h3,17-18,21-22H,1,4-16,20,36H2,2H3/t21-,33?/m1/s1. The van der Waals surface area contributed by atoms with Crippen molar-refractivity contribution in [1.29, 1.82) is 5.26 Å². The number of alkyl halides is 1. The van der Waals surface area contributed by atoms with Gasteiger partial charge in [-0.05, 0) is 57.6 Å². The number of piperidine rings is 1. The van der Waals surface area contributed by atoms with E-state index >= 15 is 0 Å². The van der Waals surface area contributed by atoms with Crippen molar-refractivity contribution in [2.24, 2.45) is 0 Å². The summed E-state index contributed by atoms with van der Waals surface area (Å²) in [4.78, 5) is 32.0. The highest BCUT2D eigenvalue weighted by Gasteiger charge is 2.43. The van der Waals surface area contributed by atoms with Gasteiger partial charge in [0.25, 0.3) is 0 Å². The number of likely N-dealkylation sites (tertiary alicyclic amines) is 1. The average molecular weight is 646 g/mol. The molecule has 3 aromatic rings. The van der Waals surface area contributed by atoms with Gasteiger partial charge in [0.05, 0.1) is 11.0 Å². The van der Waals surface area contributed by atoms with E-state index in [0.717, 1.165) is 73.7 Å². The zero-order chi connectivity index (χ0) is 32.0. The Balaban J connectivity index is 1.19. The smallest absolute Gasteiger partial charge is 0.246 e. The molecule has 242 valence electrons. The number of aryl methyl sites for hydroxylation is 1. The predicted molar refractivity (Wildman–Crippen MR) is 176 cm³/mol. The molecule has 0 bridgehead atoms. The number of hydrogen-bond acceptors (Lipinski definition) is 11. The Morgan fingerprint density at radius 3 is 2.63 bits per heavy atom. The Kier molecular flexibility index (Phi) is 8.19. The molecule has 0 aromatic carbocycles. The van der Waals surface area contributed by atoms with Gasteiger partial charge in [0.2, 0.25) is 17.6 Å². The largest absolute Gasteiger partial charge is 0.389 e. The first kappa shape index (κ1) is 30.6. The fourth-order valence-corrected chi connectivity index (χ4v) is 8.86. The molecule has 1 aliphatic carbocycles. The number of anilines is 3. The summed E-state index contributed by atoms with van der Waals surface area (Å²) in [6.07, 6.45) is 5.77. The van der Waals surface area contributed by atoms with Crippen LogP contribution in [0.3, 0.4) is 0 Å². The minimum atomic E-state index is -0.716. The Hall–Kier alpha value is -4.02. The molecule has 0 saturated carbocycles. The minimum absolute atomic E-state index is 0.0543. The molecule has 2 atom stereocenters. The molecule has 11 nitrogen and oxygen atoms in total. The second kappa shape index (κ2) is 12.3. The van der Waals surface area contributed by atoms with Crippen molar-refractivity contribution in [3.05, 3.63) is 46.7 Å². The number of aromatic nitrogens is 3. The molecule has 3 fully saturated rings. The molecule has 4 aliphatic rings. The lowest BCUT2D eigenvalue weighted by Gasteiger charge is -2.38. The molecule has 2 N–H and O–H groups in total. The zero-order valence-electron chi connectivity index (χ0n) is 26.3. The number of pyridine rings is 1. The van der Waals surface area contributed by atoms with Gasteiger partial charge in [0.15, 0.2) is 0 Å². The van der Waals surface area contributed by atoms with Crippen molar-refractivity contribution in [3.8, 4) is 17.6 Å². The molecule has 3 aromatic heterocycles. The lowest BCUT2D eigenvalue weighted by Crippen LogP contribution is -2.48. The highest BCUT2D eigenvalue weighted by atomic mass is 32.1. The Morgan fingerprint density at radius 2 is 1.93 bits per heavy atom. The molecule has 1 amide bonds. The van der Waals surface area contributed by atoms with Gasteiger partial charge in [-0.15, -0.1) is 11.3 Å². The molecule has 3 saturated heterocycles. The van der Waals surface area contributed by atoms with Crippen LogP contribution < -0.4 is 15.5 Å². The van der Waals surface area contributed by atoms with Crippen molar-refractivity contribution in [2.45, 2.75) is 63.1 Å². The van der Waals surface area contributed by atoms with Crippen LogP contribution in [0, 0.1) is 11.3 Å². The number of carbonyl (C=O) groups excluding carboxylic acids is 1. The van der Waals surface area contributed by atoms with Crippen molar-refractivity contribution in [2.75, 3.05) is 67.9 Å². The predicted octanol–water partition coefficient (Wildman–Crippen LogP) is 4.14. The van der Waals surface area contributed by atoms with Crippen molar-refractivity contribution >= 4 is 33.8 Å². The van der Waals surface area contributed by atoms with E-state index < -0.39 is 11.6 Å². The summed E-state index contributed by atoms with van der Waals surface area (Å²) in [7, 11) is 0. The third-order valence-electron chi connectivity index (χ3n) is 10.3. The van der Waals surface area contributed by atoms with E-state index in [4.69, 9.17) is 20.2 Å². The van der Waals surface area contributed by atoms with Crippen LogP contribution >= 0.6 is 11.3 Å². The first-order valence-corrected chi connectivity index (χ1v) is 17.1. The van der Waals surface area contributed by atoms with E-state index in [1.807, 2.05) is 11.0 Å². The third kappa shape index (κ3) is 5.51. The topological polar surface area (TPSA) is 132 Å². The van der Waals surface area contributed by atoms with Crippen molar-refractivity contribution < 1.29 is 13.7 Å². The van der Waals surface area contributed by atoms with Crippen LogP contribution in [0.1, 0.15) is 60.9 Å². The molecule has 7 rings (SSSR count). The van der Waals surface area contributed by atoms with E-state index in [9.17, 15) is 14.4 Å². The van der Waals surface area contributed by atoms with Crippen LogP contribution in [0.2, 0.25) is 0 Å². The van der Waals surface area contributed by atoms with Crippen LogP contribution in [-0.4, -0.2) is 95.4 Å². The maximum Gasteiger partial charge on any atom is 0.246 e. The summed E-state index contributed by atoms with van der Waals surface area (Å²) in [5, 5.41) is 14.9. The van der Waals surface area contributed by atoms with Gasteiger partial charge in [0, 0.05) is 80.6 Å². The number of rotatable bonds is 6. The molecule has 1 unspecified atom stereocenters. The van der Waals surface area contributed by atoms with Crippen LogP contribution in [0.4, 0.5) is 20.9 Å². The Bertz CT molecular complexity index is 1670. The van der Waals surface area contributed by atoms with Crippen LogP contribution in [0.5, 0.6) is 0 Å². The number of thiophene rings is 1. The number of nitrogens with zero attached hydrogens (tertiary/aromatic N) is 8. The SMILES string of the molecule is C=CC(=O)N1CCN(c2cc(-c3noc(C4(C)CCCc5sc(N)c(C#N)c54)n3)nc(N3CCC(N4CC[C@@H](F)C4)CC3)c2)CC1. The molecular weight excluding hydrogens is 605 g/mol. The first-order valence-electron chi connectivity index (χ1n) is 16.2. The first-order chi connectivity index (χ1) is 22.3. The molecule has 46 heavy (non-hydrogen) atoms. The van der Waals surface area contributed by atoms with Gasteiger partial charge < -0.3 is 25.0 Å². The van der Waals surface area contributed by atoms with Gasteiger partial charge >= 0.3 is 0 Å². The summed E-state index contributed by atoms with van der Waals surface area (Å²) in [6, 6.07) is 6.82. The van der Waals surface area contributed by atoms with Crippen LogP contribution in [-0.2, 0) is 16.6 Å². The van der Waals surface area contributed by atoms with E-state index in [2.05, 4.69) is 45.5 Å². The minimum Gasteiger partial charge on any atom is -0.389 e. The van der Waals surface area contributed by atoms with Gasteiger partial charge in [-0.2, -0.15) is 10.2 Å². The molecule has 0 spiro atoms. The van der Waals surface area contributed by atoms with Gasteiger partial charge in [-0.25, -0.2) is 9.37 Å². The van der Waals surface area contributed by atoms with Crippen molar-refractivity contribution in [3.63, 3.8) is 0 Å². The number of hydrogen-bond donors (Lipinski definition) is 1. The summed E-state index contributed by atoms with van der Waals surface area (Å²) < 4.78 is 19.9. The lowest BCUT2D eigenvalue weighted by molar-refractivity contribution is -0.126. The average Bonchev–Trinajstić information content (AvgIpc) is 3.83. The maximum atomic E-state index is 13.9. The summed E-state index contributed by atoms with van der Waals surface area (Å²) in [5.41, 5.74) is 8.65. The summed E-state index contributed by atoms with van der Waals surface area (Å²) in [6.45, 7) is 11.3. The monoisotopic (exact) mass is 645 g/mol. The Labute approximate surface area is 272 Å². The lowest BCUT2D eigenvalue weighted by atomic mass is 9.72. The second-order valence-electron chi connectivity index (χ2n) is 13.0. The number of amides is 1. The molecule has 0 radical (unpaired) electrons. The number of nitrogens with two attached hydrogens (primary N) is 1. The fourth-order valence-electron chi connectivity index (χ4n) is 7.67. The summed E-state index contributed by atoms with van der Waals surface area (Å²) in [5.74, 6) is 1.65. The number of carbonyl (C=O) groups is 1. The summed E-state index contributed by atoms with van der Waals surface area (Å²) >= 11 is 1.48. The highest BCUT2D eigenvalue weighted by Crippen LogP contribution is 2.48. The molecular formula is C33H40FN9O2S. The van der Waals surface area contributed by atoms with Gasteiger partial charge in [-0.1, -0.05) is 11.7 Å². The third-order valence-corrected chi connectivity index (χ3v) is 11.4. The highest BCUT2D eigenvalue weighted by molar-refractivity contribution is 7.16. The van der Waals surface area contributed by atoms with E-state index in [0.29, 0.717) is 73.2 Å². The zero-order valence-corrected chi connectivity index (χ0v) is 27.1. The quantitative estimate of drug-likeness (QED) is 0.390. The molecule has 13 heteroatoms. The fraction of sp³-hybridized carbons (Fsp3) is 0.545. The van der Waals surface area contributed by atoms with E-state index in [-0.39, 0.29) is 5.91 Å². The molecule has 3 aliphatic heterocycles. The van der Waals surface area contributed by atoms with E-state index in [1.165, 1.54) is 17.4 Å². The number of piperazine rings is 1. The van der Waals surface area contributed by atoms with Gasteiger partial charge in [0.1, 0.15) is 28.8 Å². The van der Waals surface area contributed by atoms with Crippen LogP contribution in [0.15, 0.2) is 29.3 Å². The molecule has 6 heterocycles. The maximum absolute atomic E-state index is 13.9. The Morgan fingerprint density at radius 1 is 1.15 bits per heavy atom. The van der Waals surface area contributed by atoms with Crippen LogP contribution in [0.25, 0.3) is 11.5 Å². The van der Waals surface area contributed by atoms with Crippen molar-refractivity contribution in [1.82, 2.24) is 24.9 Å². The number of nitriles is 1. The number of halogens is 1. The second-order valence-corrected chi connectivity index (χ2v) is 14.2. The number of fused-ring (bicyclic) bond motifs is 1.